The van der Waals surface area contributed by atoms with E-state index in [0.29, 0.717) is 12.0 Å². The number of ether oxygens (including phenoxy) is 2. The van der Waals surface area contributed by atoms with E-state index >= 15 is 0 Å². The van der Waals surface area contributed by atoms with E-state index in [2.05, 4.69) is 0 Å². The third kappa shape index (κ3) is 12.4. The predicted molar refractivity (Wildman–Crippen MR) is 130 cm³/mol. The summed E-state index contributed by atoms with van der Waals surface area (Å²) < 4.78 is 10.7. The molecule has 1 unspecified atom stereocenters. The van der Waals surface area contributed by atoms with E-state index in [-0.39, 0.29) is 25.6 Å². The molecular formula is C27H46O6. The Bertz CT molecular complexity index is 619. The topological polar surface area (TPSA) is 89.9 Å². The first-order valence-electron chi connectivity index (χ1n) is 12.9. The molecule has 6 nitrogen and oxygen atoms in total. The highest BCUT2D eigenvalue weighted by Crippen LogP contribution is 2.32. The van der Waals surface area contributed by atoms with Gasteiger partial charge in [0, 0.05) is 18.4 Å². The van der Waals surface area contributed by atoms with Gasteiger partial charge in [0.15, 0.2) is 5.60 Å². The van der Waals surface area contributed by atoms with Gasteiger partial charge in [-0.25, -0.2) is 4.79 Å². The van der Waals surface area contributed by atoms with Crippen LogP contribution in [0, 0.1) is 5.41 Å². The molecule has 0 aromatic carbocycles. The zero-order valence-corrected chi connectivity index (χ0v) is 21.2. The molecule has 1 atom stereocenters. The molecular weight excluding hydrogens is 420 g/mol. The zero-order chi connectivity index (χ0) is 24.6. The number of cyclic esters (lactones) is 1. The highest BCUT2D eigenvalue weighted by Gasteiger charge is 2.45. The van der Waals surface area contributed by atoms with Gasteiger partial charge in [-0.1, -0.05) is 70.3 Å². The van der Waals surface area contributed by atoms with E-state index < -0.39 is 17.0 Å². The zero-order valence-electron chi connectivity index (χ0n) is 21.2. The third-order valence-electron chi connectivity index (χ3n) is 6.12. The van der Waals surface area contributed by atoms with Crippen LogP contribution in [0.5, 0.6) is 0 Å². The number of aldehydes is 1. The fraction of sp³-hybridized carbons (Fsp3) is 0.815. The molecule has 1 N–H and O–H groups in total. The SMILES string of the molecule is CC(C)(C)C(=O)OCC1(CO)C/C(=C\CCCCCCCCCCCCCCC=O)C(=O)O1. The molecule has 1 heterocycles. The monoisotopic (exact) mass is 466 g/mol. The number of aliphatic hydroxyl groups excluding tert-OH is 1. The first-order valence-corrected chi connectivity index (χ1v) is 12.9. The van der Waals surface area contributed by atoms with Crippen molar-refractivity contribution in [1.82, 2.24) is 0 Å². The molecule has 6 heteroatoms. The van der Waals surface area contributed by atoms with Gasteiger partial charge in [-0.2, -0.15) is 0 Å². The second kappa shape index (κ2) is 16.0. The Balaban J connectivity index is 2.13. The number of rotatable bonds is 18. The van der Waals surface area contributed by atoms with E-state index in [1.54, 1.807) is 20.8 Å². The second-order valence-corrected chi connectivity index (χ2v) is 10.4. The summed E-state index contributed by atoms with van der Waals surface area (Å²) in [6.45, 7) is 4.79. The highest BCUT2D eigenvalue weighted by molar-refractivity contribution is 5.91. The van der Waals surface area contributed by atoms with Gasteiger partial charge in [-0.05, 0) is 40.0 Å². The van der Waals surface area contributed by atoms with Gasteiger partial charge in [-0.15, -0.1) is 0 Å². The maximum Gasteiger partial charge on any atom is 0.334 e. The maximum absolute atomic E-state index is 12.2. The van der Waals surface area contributed by atoms with E-state index in [1.807, 2.05) is 6.08 Å². The summed E-state index contributed by atoms with van der Waals surface area (Å²) in [5, 5.41) is 9.76. The quantitative estimate of drug-likeness (QED) is 0.118. The predicted octanol–water partition coefficient (Wildman–Crippen LogP) is 5.84. The van der Waals surface area contributed by atoms with Crippen molar-refractivity contribution in [3.05, 3.63) is 11.6 Å². The fourth-order valence-electron chi connectivity index (χ4n) is 3.92. The number of carbonyl (C=O) groups is 3. The minimum Gasteiger partial charge on any atom is -0.461 e. The molecule has 1 aliphatic rings. The van der Waals surface area contributed by atoms with E-state index in [1.165, 1.54) is 57.8 Å². The summed E-state index contributed by atoms with van der Waals surface area (Å²) in [5.41, 5.74) is -1.22. The maximum atomic E-state index is 12.2. The van der Waals surface area contributed by atoms with E-state index in [4.69, 9.17) is 9.47 Å². The number of unbranched alkanes of at least 4 members (excludes halogenated alkanes) is 13. The molecule has 0 aromatic rings. The van der Waals surface area contributed by atoms with Crippen LogP contribution in [0.1, 0.15) is 117 Å². The van der Waals surface area contributed by atoms with Crippen molar-refractivity contribution in [3.8, 4) is 0 Å². The van der Waals surface area contributed by atoms with Gasteiger partial charge in [0.1, 0.15) is 12.9 Å². The standard InChI is InChI=1S/C27H46O6/c1-26(2,3)25(31)32-22-27(21-29)20-23(24(30)33-27)18-16-14-12-10-8-6-4-5-7-9-11-13-15-17-19-28/h18-19,29H,4-17,20-22H2,1-3H3/b23-18+. The number of aliphatic hydroxyl groups is 1. The van der Waals surface area contributed by atoms with Crippen molar-refractivity contribution in [2.75, 3.05) is 13.2 Å². The molecule has 0 spiro atoms. The minimum absolute atomic E-state index is 0.122. The lowest BCUT2D eigenvalue weighted by Crippen LogP contribution is -2.40. The summed E-state index contributed by atoms with van der Waals surface area (Å²) >= 11 is 0. The Morgan fingerprint density at radius 3 is 1.88 bits per heavy atom. The van der Waals surface area contributed by atoms with Crippen LogP contribution in [0.3, 0.4) is 0 Å². The summed E-state index contributed by atoms with van der Waals surface area (Å²) in [5.74, 6) is -0.797. The largest absolute Gasteiger partial charge is 0.461 e. The average molecular weight is 467 g/mol. The van der Waals surface area contributed by atoms with Crippen LogP contribution < -0.4 is 0 Å². The van der Waals surface area contributed by atoms with Gasteiger partial charge in [0.05, 0.1) is 12.0 Å². The summed E-state index contributed by atoms with van der Waals surface area (Å²) in [6, 6.07) is 0. The van der Waals surface area contributed by atoms with Crippen LogP contribution in [-0.4, -0.2) is 42.1 Å². The van der Waals surface area contributed by atoms with Crippen LogP contribution in [0.2, 0.25) is 0 Å². The molecule has 0 amide bonds. The van der Waals surface area contributed by atoms with Gasteiger partial charge < -0.3 is 19.4 Å². The summed E-state index contributed by atoms with van der Waals surface area (Å²) in [7, 11) is 0. The smallest absolute Gasteiger partial charge is 0.334 e. The van der Waals surface area contributed by atoms with Gasteiger partial charge in [-0.3, -0.25) is 4.79 Å². The van der Waals surface area contributed by atoms with Crippen molar-refractivity contribution >= 4 is 18.2 Å². The molecule has 190 valence electrons. The van der Waals surface area contributed by atoms with Crippen molar-refractivity contribution in [1.29, 1.82) is 0 Å². The number of esters is 2. The summed E-state index contributed by atoms with van der Waals surface area (Å²) in [4.78, 5) is 34.5. The average Bonchev–Trinajstić information content (AvgIpc) is 3.10. The lowest BCUT2D eigenvalue weighted by atomic mass is 9.96. The molecule has 1 rings (SSSR count). The molecule has 0 aromatic heterocycles. The first-order chi connectivity index (χ1) is 15.7. The van der Waals surface area contributed by atoms with Crippen LogP contribution in [-0.2, 0) is 23.9 Å². The molecule has 0 bridgehead atoms. The van der Waals surface area contributed by atoms with Gasteiger partial charge >= 0.3 is 11.9 Å². The normalized spacial score (nSPS) is 19.6. The van der Waals surface area contributed by atoms with Gasteiger partial charge in [0.2, 0.25) is 0 Å². The minimum atomic E-state index is -1.15. The highest BCUT2D eigenvalue weighted by atomic mass is 16.6. The fourth-order valence-corrected chi connectivity index (χ4v) is 3.92. The first kappa shape index (κ1) is 29.3. The van der Waals surface area contributed by atoms with Gasteiger partial charge in [0.25, 0.3) is 0 Å². The molecule has 0 aliphatic carbocycles. The Hall–Kier alpha value is -1.69. The molecule has 33 heavy (non-hydrogen) atoms. The Morgan fingerprint density at radius 2 is 1.42 bits per heavy atom. The lowest BCUT2D eigenvalue weighted by Gasteiger charge is -2.26. The molecule has 1 aliphatic heterocycles. The van der Waals surface area contributed by atoms with Crippen LogP contribution in [0.15, 0.2) is 11.6 Å². The van der Waals surface area contributed by atoms with E-state index in [9.17, 15) is 19.5 Å². The van der Waals surface area contributed by atoms with Crippen LogP contribution in [0.4, 0.5) is 0 Å². The number of carbonyl (C=O) groups excluding carboxylic acids is 3. The van der Waals surface area contributed by atoms with Crippen LogP contribution in [0.25, 0.3) is 0 Å². The molecule has 1 saturated heterocycles. The van der Waals surface area contributed by atoms with Crippen molar-refractivity contribution in [2.24, 2.45) is 5.41 Å². The molecule has 0 radical (unpaired) electrons. The molecule has 1 fully saturated rings. The van der Waals surface area contributed by atoms with Crippen molar-refractivity contribution < 1.29 is 29.0 Å². The van der Waals surface area contributed by atoms with Crippen molar-refractivity contribution in [2.45, 2.75) is 123 Å². The number of hydrogen-bond acceptors (Lipinski definition) is 6. The lowest BCUT2D eigenvalue weighted by molar-refractivity contribution is -0.171. The third-order valence-corrected chi connectivity index (χ3v) is 6.12. The second-order valence-electron chi connectivity index (χ2n) is 10.4. The Kier molecular flexibility index (Phi) is 14.2. The summed E-state index contributed by atoms with van der Waals surface area (Å²) in [6.07, 6.45) is 19.3. The Morgan fingerprint density at radius 1 is 0.939 bits per heavy atom. The Labute approximate surface area is 200 Å². The van der Waals surface area contributed by atoms with E-state index in [0.717, 1.165) is 32.0 Å². The number of hydrogen-bond donors (Lipinski definition) is 1. The van der Waals surface area contributed by atoms with Crippen molar-refractivity contribution in [3.63, 3.8) is 0 Å². The van der Waals surface area contributed by atoms with Crippen LogP contribution >= 0.6 is 0 Å². The molecule has 0 saturated carbocycles. The number of allylic oxidation sites excluding steroid dienone is 1.